The number of fused-ring (bicyclic) bond motifs is 3. The minimum atomic E-state index is 0.00946. The van der Waals surface area contributed by atoms with Gasteiger partial charge in [0, 0.05) is 41.1 Å². The Morgan fingerprint density at radius 3 is 2.81 bits per heavy atom. The Kier molecular flexibility index (Phi) is 2.70. The number of amides is 1. The van der Waals surface area contributed by atoms with E-state index in [-0.39, 0.29) is 5.91 Å². The molecule has 0 fully saturated rings. The van der Waals surface area contributed by atoms with Gasteiger partial charge in [0.25, 0.3) is 5.91 Å². The lowest BCUT2D eigenvalue weighted by Gasteiger charge is -2.03. The monoisotopic (exact) mass is 278 g/mol. The van der Waals surface area contributed by atoms with Crippen LogP contribution in [0.1, 0.15) is 22.5 Å². The zero-order chi connectivity index (χ0) is 14.2. The van der Waals surface area contributed by atoms with Gasteiger partial charge in [-0.1, -0.05) is 6.07 Å². The molecule has 0 atom stereocenters. The highest BCUT2D eigenvalue weighted by atomic mass is 16.1. The van der Waals surface area contributed by atoms with Crippen LogP contribution in [-0.4, -0.2) is 27.4 Å². The van der Waals surface area contributed by atoms with Crippen LogP contribution in [0.4, 0.5) is 0 Å². The average Bonchev–Trinajstić information content (AvgIpc) is 2.79. The normalized spacial score (nSPS) is 14.6. The van der Waals surface area contributed by atoms with Crippen LogP contribution >= 0.6 is 0 Å². The molecule has 3 aromatic rings. The van der Waals surface area contributed by atoms with Crippen molar-refractivity contribution >= 4 is 16.8 Å². The molecule has 104 valence electrons. The van der Waals surface area contributed by atoms with Crippen LogP contribution in [0.25, 0.3) is 22.0 Å². The number of hydrogen-bond acceptors (Lipinski definition) is 3. The van der Waals surface area contributed by atoms with Gasteiger partial charge in [-0.25, -0.2) is 9.97 Å². The fraction of sp³-hybridized carbons (Fsp3) is 0.188. The number of nitrogens with one attached hydrogen (secondary N) is 2. The summed E-state index contributed by atoms with van der Waals surface area (Å²) in [5.74, 6) is 0.00946. The smallest absolute Gasteiger partial charge is 0.253 e. The molecule has 5 nitrogen and oxygen atoms in total. The van der Waals surface area contributed by atoms with Crippen molar-refractivity contribution in [2.24, 2.45) is 0 Å². The molecule has 0 aliphatic carbocycles. The molecular weight excluding hydrogens is 264 g/mol. The number of aryl methyl sites for hydroxylation is 1. The molecule has 0 bridgehead atoms. The number of nitrogens with zero attached hydrogens (tertiary/aromatic N) is 2. The number of carbonyl (C=O) groups is 1. The topological polar surface area (TPSA) is 70.7 Å². The molecule has 4 rings (SSSR count). The van der Waals surface area contributed by atoms with Gasteiger partial charge in [0.2, 0.25) is 0 Å². The summed E-state index contributed by atoms with van der Waals surface area (Å²) in [6.07, 6.45) is 6.93. The molecule has 1 amide bonds. The fourth-order valence-electron chi connectivity index (χ4n) is 2.88. The standard InChI is InChI=1S/C16H14N4O/c21-16-15-12-6-10(11-7-17-9-18-8-11)3-4-13(12)20-14(15)2-1-5-19-16/h3-4,6-9,20H,1-2,5H2,(H,19,21). The highest BCUT2D eigenvalue weighted by molar-refractivity contribution is 6.09. The van der Waals surface area contributed by atoms with Gasteiger partial charge in [-0.3, -0.25) is 4.79 Å². The summed E-state index contributed by atoms with van der Waals surface area (Å²) in [7, 11) is 0. The second-order valence-corrected chi connectivity index (χ2v) is 5.23. The van der Waals surface area contributed by atoms with E-state index in [1.165, 1.54) is 6.33 Å². The Balaban J connectivity index is 1.93. The quantitative estimate of drug-likeness (QED) is 0.717. The van der Waals surface area contributed by atoms with Crippen molar-refractivity contribution in [2.75, 3.05) is 6.54 Å². The first-order chi connectivity index (χ1) is 10.3. The van der Waals surface area contributed by atoms with Crippen LogP contribution in [0.2, 0.25) is 0 Å². The van der Waals surface area contributed by atoms with Gasteiger partial charge in [-0.2, -0.15) is 0 Å². The SMILES string of the molecule is O=C1NCCCc2[nH]c3ccc(-c4cncnc4)cc3c21. The largest absolute Gasteiger partial charge is 0.358 e. The van der Waals surface area contributed by atoms with Crippen LogP contribution in [0, 0.1) is 0 Å². The number of hydrogen-bond donors (Lipinski definition) is 2. The molecule has 3 heterocycles. The number of H-pyrrole nitrogens is 1. The summed E-state index contributed by atoms with van der Waals surface area (Å²) in [6, 6.07) is 6.07. The highest BCUT2D eigenvalue weighted by Crippen LogP contribution is 2.29. The van der Waals surface area contributed by atoms with Gasteiger partial charge >= 0.3 is 0 Å². The van der Waals surface area contributed by atoms with E-state index in [9.17, 15) is 4.79 Å². The zero-order valence-electron chi connectivity index (χ0n) is 11.4. The number of carbonyl (C=O) groups excluding carboxylic acids is 1. The van der Waals surface area contributed by atoms with Gasteiger partial charge in [-0.05, 0) is 30.5 Å². The van der Waals surface area contributed by atoms with E-state index in [1.54, 1.807) is 12.4 Å². The Labute approximate surface area is 121 Å². The van der Waals surface area contributed by atoms with Gasteiger partial charge in [-0.15, -0.1) is 0 Å². The number of rotatable bonds is 1. The number of aromatic amines is 1. The summed E-state index contributed by atoms with van der Waals surface area (Å²) in [5.41, 5.74) is 4.77. The third-order valence-electron chi connectivity index (χ3n) is 3.89. The van der Waals surface area contributed by atoms with Crippen LogP contribution in [0.15, 0.2) is 36.9 Å². The number of benzene rings is 1. The summed E-state index contributed by atoms with van der Waals surface area (Å²) < 4.78 is 0. The molecule has 1 aliphatic heterocycles. The molecule has 2 N–H and O–H groups in total. The van der Waals surface area contributed by atoms with Crippen LogP contribution in [-0.2, 0) is 6.42 Å². The summed E-state index contributed by atoms with van der Waals surface area (Å²) in [4.78, 5) is 23.7. The summed E-state index contributed by atoms with van der Waals surface area (Å²) in [5, 5.41) is 3.92. The maximum atomic E-state index is 12.3. The van der Waals surface area contributed by atoms with E-state index in [0.717, 1.165) is 52.7 Å². The van der Waals surface area contributed by atoms with Gasteiger partial charge < -0.3 is 10.3 Å². The molecule has 1 aliphatic rings. The van der Waals surface area contributed by atoms with Crippen LogP contribution < -0.4 is 5.32 Å². The fourth-order valence-corrected chi connectivity index (χ4v) is 2.88. The maximum absolute atomic E-state index is 12.3. The second-order valence-electron chi connectivity index (χ2n) is 5.23. The van der Waals surface area contributed by atoms with E-state index in [2.05, 4.69) is 20.3 Å². The van der Waals surface area contributed by atoms with E-state index in [0.29, 0.717) is 0 Å². The molecule has 0 spiro atoms. The molecule has 21 heavy (non-hydrogen) atoms. The molecule has 0 saturated heterocycles. The van der Waals surface area contributed by atoms with Crippen molar-refractivity contribution in [1.29, 1.82) is 0 Å². The van der Waals surface area contributed by atoms with Crippen molar-refractivity contribution in [2.45, 2.75) is 12.8 Å². The minimum absolute atomic E-state index is 0.00946. The van der Waals surface area contributed by atoms with Gasteiger partial charge in [0.1, 0.15) is 6.33 Å². The highest BCUT2D eigenvalue weighted by Gasteiger charge is 2.20. The molecular formula is C16H14N4O. The van der Waals surface area contributed by atoms with E-state index in [1.807, 2.05) is 18.2 Å². The summed E-state index contributed by atoms with van der Waals surface area (Å²) in [6.45, 7) is 0.731. The van der Waals surface area contributed by atoms with Crippen LogP contribution in [0.3, 0.4) is 0 Å². The minimum Gasteiger partial charge on any atom is -0.358 e. The second kappa shape index (κ2) is 4.70. The zero-order valence-corrected chi connectivity index (χ0v) is 11.4. The third kappa shape index (κ3) is 1.98. The maximum Gasteiger partial charge on any atom is 0.253 e. The third-order valence-corrected chi connectivity index (χ3v) is 3.89. The molecule has 2 aromatic heterocycles. The summed E-state index contributed by atoms with van der Waals surface area (Å²) >= 11 is 0. The van der Waals surface area contributed by atoms with E-state index >= 15 is 0 Å². The lowest BCUT2D eigenvalue weighted by Crippen LogP contribution is -2.22. The van der Waals surface area contributed by atoms with Crippen molar-refractivity contribution in [3.8, 4) is 11.1 Å². The Bertz CT molecular complexity index is 823. The van der Waals surface area contributed by atoms with Crippen molar-refractivity contribution in [1.82, 2.24) is 20.3 Å². The Morgan fingerprint density at radius 2 is 1.95 bits per heavy atom. The van der Waals surface area contributed by atoms with Crippen LogP contribution in [0.5, 0.6) is 0 Å². The Morgan fingerprint density at radius 1 is 1.10 bits per heavy atom. The Hall–Kier alpha value is -2.69. The van der Waals surface area contributed by atoms with Crippen molar-refractivity contribution in [3.63, 3.8) is 0 Å². The molecule has 1 aromatic carbocycles. The molecule has 0 saturated carbocycles. The van der Waals surface area contributed by atoms with Gasteiger partial charge in [0.15, 0.2) is 0 Å². The van der Waals surface area contributed by atoms with E-state index in [4.69, 9.17) is 0 Å². The van der Waals surface area contributed by atoms with Crippen molar-refractivity contribution in [3.05, 3.63) is 48.2 Å². The lowest BCUT2D eigenvalue weighted by atomic mass is 10.0. The lowest BCUT2D eigenvalue weighted by molar-refractivity contribution is 0.0957. The van der Waals surface area contributed by atoms with E-state index < -0.39 is 0 Å². The predicted molar refractivity (Wildman–Crippen MR) is 80.0 cm³/mol. The average molecular weight is 278 g/mol. The van der Waals surface area contributed by atoms with Gasteiger partial charge in [0.05, 0.1) is 5.56 Å². The molecule has 5 heteroatoms. The first-order valence-corrected chi connectivity index (χ1v) is 7.01. The molecule has 0 unspecified atom stereocenters. The number of aromatic nitrogens is 3. The molecule has 0 radical (unpaired) electrons. The first kappa shape index (κ1) is 12.1. The first-order valence-electron chi connectivity index (χ1n) is 7.01. The van der Waals surface area contributed by atoms with Crippen molar-refractivity contribution < 1.29 is 4.79 Å². The predicted octanol–water partition coefficient (Wildman–Crippen LogP) is 2.30.